The molecule has 1 aromatic heterocycles. The van der Waals surface area contributed by atoms with Gasteiger partial charge in [0.2, 0.25) is 0 Å². The van der Waals surface area contributed by atoms with Gasteiger partial charge in [0.05, 0.1) is 12.3 Å². The van der Waals surface area contributed by atoms with Crippen LogP contribution in [-0.4, -0.2) is 23.4 Å². The number of amides is 2. The minimum Gasteiger partial charge on any atom is -0.491 e. The number of anilines is 1. The number of hydrogen-bond donors (Lipinski definition) is 2. The van der Waals surface area contributed by atoms with Gasteiger partial charge < -0.3 is 15.4 Å². The van der Waals surface area contributed by atoms with Gasteiger partial charge in [-0.2, -0.15) is 0 Å². The van der Waals surface area contributed by atoms with Crippen molar-refractivity contribution in [3.8, 4) is 5.75 Å². The number of nitrogens with zero attached hydrogens (tertiary/aromatic N) is 1. The Balaban J connectivity index is 1.90. The summed E-state index contributed by atoms with van der Waals surface area (Å²) in [7, 11) is 0. The van der Waals surface area contributed by atoms with E-state index in [9.17, 15) is 9.59 Å². The Morgan fingerprint density at radius 3 is 2.58 bits per heavy atom. The van der Waals surface area contributed by atoms with Gasteiger partial charge in [0, 0.05) is 18.9 Å². The first-order valence-electron chi connectivity index (χ1n) is 7.90. The molecule has 0 saturated heterocycles. The molecule has 1 heterocycles. The normalized spacial score (nSPS) is 10.0. The highest BCUT2D eigenvalue weighted by Crippen LogP contribution is 2.23. The second-order valence-electron chi connectivity index (χ2n) is 5.19. The van der Waals surface area contributed by atoms with Crippen molar-refractivity contribution in [2.75, 3.05) is 11.9 Å². The second-order valence-corrected chi connectivity index (χ2v) is 5.19. The van der Waals surface area contributed by atoms with Crippen molar-refractivity contribution >= 4 is 17.5 Å². The number of unbranched alkanes of at least 4 members (excludes halogenated alkanes) is 1. The predicted octanol–water partition coefficient (Wildman–Crippen LogP) is 2.52. The zero-order valence-corrected chi connectivity index (χ0v) is 13.6. The molecule has 0 spiro atoms. The molecule has 6 nitrogen and oxygen atoms in total. The number of hydrogen-bond acceptors (Lipinski definition) is 4. The first-order chi connectivity index (χ1) is 11.7. The van der Waals surface area contributed by atoms with Gasteiger partial charge in [-0.3, -0.25) is 14.6 Å². The summed E-state index contributed by atoms with van der Waals surface area (Å²) in [4.78, 5) is 27.8. The third-order valence-corrected chi connectivity index (χ3v) is 3.30. The average molecular weight is 327 g/mol. The lowest BCUT2D eigenvalue weighted by molar-refractivity contribution is -0.136. The van der Waals surface area contributed by atoms with Crippen LogP contribution in [0.4, 0.5) is 5.69 Å². The number of rotatable bonds is 7. The quantitative estimate of drug-likeness (QED) is 0.605. The molecule has 2 amide bonds. The van der Waals surface area contributed by atoms with Crippen LogP contribution in [-0.2, 0) is 16.1 Å². The van der Waals surface area contributed by atoms with E-state index in [1.54, 1.807) is 42.7 Å². The topological polar surface area (TPSA) is 80.3 Å². The molecule has 2 N–H and O–H groups in total. The van der Waals surface area contributed by atoms with Crippen molar-refractivity contribution < 1.29 is 14.3 Å². The van der Waals surface area contributed by atoms with Crippen LogP contribution in [0.2, 0.25) is 0 Å². The molecule has 0 fully saturated rings. The molecule has 1 aromatic carbocycles. The summed E-state index contributed by atoms with van der Waals surface area (Å²) in [6, 6.07) is 10.6. The van der Waals surface area contributed by atoms with Gasteiger partial charge in [-0.05, 0) is 36.2 Å². The third-order valence-electron chi connectivity index (χ3n) is 3.30. The zero-order chi connectivity index (χ0) is 17.2. The van der Waals surface area contributed by atoms with Crippen LogP contribution < -0.4 is 15.4 Å². The minimum absolute atomic E-state index is 0.267. The molecule has 2 rings (SSSR count). The summed E-state index contributed by atoms with van der Waals surface area (Å²) in [5.74, 6) is -0.869. The molecule has 0 aliphatic heterocycles. The van der Waals surface area contributed by atoms with Crippen LogP contribution in [0.15, 0.2) is 48.8 Å². The molecule has 24 heavy (non-hydrogen) atoms. The molecule has 0 atom stereocenters. The van der Waals surface area contributed by atoms with E-state index < -0.39 is 11.8 Å². The first-order valence-corrected chi connectivity index (χ1v) is 7.90. The summed E-state index contributed by atoms with van der Waals surface area (Å²) >= 11 is 0. The third kappa shape index (κ3) is 5.39. The van der Waals surface area contributed by atoms with E-state index in [1.807, 2.05) is 6.07 Å². The number of aromatic nitrogens is 1. The Morgan fingerprint density at radius 2 is 1.83 bits per heavy atom. The fourth-order valence-electron chi connectivity index (χ4n) is 1.96. The largest absolute Gasteiger partial charge is 0.491 e. The van der Waals surface area contributed by atoms with E-state index in [0.717, 1.165) is 18.4 Å². The van der Waals surface area contributed by atoms with Gasteiger partial charge in [-0.25, -0.2) is 0 Å². The Bertz CT molecular complexity index is 674. The minimum atomic E-state index is -0.726. The lowest BCUT2D eigenvalue weighted by Crippen LogP contribution is -2.35. The number of para-hydroxylation sites is 2. The summed E-state index contributed by atoms with van der Waals surface area (Å²) < 4.78 is 5.63. The highest BCUT2D eigenvalue weighted by molar-refractivity contribution is 6.39. The van der Waals surface area contributed by atoms with E-state index in [1.165, 1.54) is 0 Å². The number of pyridine rings is 1. The lowest BCUT2D eigenvalue weighted by Gasteiger charge is -2.12. The molecule has 2 aromatic rings. The lowest BCUT2D eigenvalue weighted by atomic mass is 10.2. The maximum absolute atomic E-state index is 12.0. The molecule has 126 valence electrons. The molecule has 0 aliphatic carbocycles. The van der Waals surface area contributed by atoms with Gasteiger partial charge in [-0.15, -0.1) is 0 Å². The molecule has 0 saturated carbocycles. The number of ether oxygens (including phenoxy) is 1. The van der Waals surface area contributed by atoms with Crippen LogP contribution in [0, 0.1) is 0 Å². The summed E-state index contributed by atoms with van der Waals surface area (Å²) in [6.45, 7) is 2.91. The average Bonchev–Trinajstić information content (AvgIpc) is 2.62. The van der Waals surface area contributed by atoms with Crippen molar-refractivity contribution in [2.24, 2.45) is 0 Å². The van der Waals surface area contributed by atoms with Crippen molar-refractivity contribution in [1.82, 2.24) is 10.3 Å². The van der Waals surface area contributed by atoms with E-state index in [2.05, 4.69) is 22.5 Å². The Labute approximate surface area is 141 Å². The standard InChI is InChI=1S/C18H21N3O3/c1-2-3-12-24-16-7-5-4-6-15(16)21-18(23)17(22)20-13-14-8-10-19-11-9-14/h4-11H,2-3,12-13H2,1H3,(H,20,22)(H,21,23). The number of carbonyl (C=O) groups is 2. The molecule has 0 aliphatic rings. The molecule has 0 unspecified atom stereocenters. The fraction of sp³-hybridized carbons (Fsp3) is 0.278. The smallest absolute Gasteiger partial charge is 0.313 e. The van der Waals surface area contributed by atoms with Crippen molar-refractivity contribution in [2.45, 2.75) is 26.3 Å². The van der Waals surface area contributed by atoms with Crippen LogP contribution in [0.5, 0.6) is 5.75 Å². The molecule has 0 radical (unpaired) electrons. The van der Waals surface area contributed by atoms with Gasteiger partial charge >= 0.3 is 11.8 Å². The Morgan fingerprint density at radius 1 is 1.08 bits per heavy atom. The zero-order valence-electron chi connectivity index (χ0n) is 13.6. The Hall–Kier alpha value is -2.89. The maximum atomic E-state index is 12.0. The maximum Gasteiger partial charge on any atom is 0.313 e. The summed E-state index contributed by atoms with van der Waals surface area (Å²) in [5.41, 5.74) is 1.35. The molecular formula is C18H21N3O3. The Kier molecular flexibility index (Phi) is 6.76. The van der Waals surface area contributed by atoms with Crippen molar-refractivity contribution in [1.29, 1.82) is 0 Å². The van der Waals surface area contributed by atoms with Gasteiger partial charge in [0.25, 0.3) is 0 Å². The van der Waals surface area contributed by atoms with Gasteiger partial charge in [-0.1, -0.05) is 25.5 Å². The van der Waals surface area contributed by atoms with Crippen molar-refractivity contribution in [3.63, 3.8) is 0 Å². The number of carbonyl (C=O) groups excluding carboxylic acids is 2. The number of benzene rings is 1. The van der Waals surface area contributed by atoms with Gasteiger partial charge in [0.1, 0.15) is 5.75 Å². The first kappa shape index (κ1) is 17.5. The van der Waals surface area contributed by atoms with E-state index in [4.69, 9.17) is 4.74 Å². The number of nitrogens with one attached hydrogen (secondary N) is 2. The van der Waals surface area contributed by atoms with Crippen molar-refractivity contribution in [3.05, 3.63) is 54.4 Å². The van der Waals surface area contributed by atoms with E-state index >= 15 is 0 Å². The fourth-order valence-corrected chi connectivity index (χ4v) is 1.96. The highest BCUT2D eigenvalue weighted by Gasteiger charge is 2.15. The highest BCUT2D eigenvalue weighted by atomic mass is 16.5. The van der Waals surface area contributed by atoms with Crippen LogP contribution in [0.25, 0.3) is 0 Å². The molecule has 0 bridgehead atoms. The van der Waals surface area contributed by atoms with Crippen LogP contribution in [0.1, 0.15) is 25.3 Å². The van der Waals surface area contributed by atoms with Gasteiger partial charge in [0.15, 0.2) is 0 Å². The summed E-state index contributed by atoms with van der Waals surface area (Å²) in [6.07, 6.45) is 5.21. The second kappa shape index (κ2) is 9.29. The van der Waals surface area contributed by atoms with Crippen LogP contribution >= 0.6 is 0 Å². The monoisotopic (exact) mass is 327 g/mol. The summed E-state index contributed by atoms with van der Waals surface area (Å²) in [5, 5.41) is 5.16. The van der Waals surface area contributed by atoms with E-state index in [0.29, 0.717) is 18.0 Å². The SMILES string of the molecule is CCCCOc1ccccc1NC(=O)C(=O)NCc1ccncc1. The van der Waals surface area contributed by atoms with E-state index in [-0.39, 0.29) is 6.54 Å². The molecular weight excluding hydrogens is 306 g/mol. The molecule has 6 heteroatoms. The predicted molar refractivity (Wildman–Crippen MR) is 91.6 cm³/mol. The van der Waals surface area contributed by atoms with Crippen LogP contribution in [0.3, 0.4) is 0 Å².